The maximum absolute atomic E-state index is 12.7. The number of amides is 1. The molecular weight excluding hydrogens is 268 g/mol. The molecule has 1 unspecified atom stereocenters. The lowest BCUT2D eigenvalue weighted by Crippen LogP contribution is -2.53. The number of carbonyl (C=O) groups is 2. The van der Waals surface area contributed by atoms with Crippen LogP contribution in [0, 0.1) is 11.3 Å². The summed E-state index contributed by atoms with van der Waals surface area (Å²) in [5, 5.41) is 18.5. The highest BCUT2D eigenvalue weighted by Gasteiger charge is 2.49. The summed E-state index contributed by atoms with van der Waals surface area (Å²) < 4.78 is 0. The summed E-state index contributed by atoms with van der Waals surface area (Å²) in [4.78, 5) is 25.9. The summed E-state index contributed by atoms with van der Waals surface area (Å²) in [5.41, 5.74) is -0.330. The molecule has 0 saturated carbocycles. The second kappa shape index (κ2) is 5.96. The molecule has 0 bridgehead atoms. The predicted molar refractivity (Wildman–Crippen MR) is 76.7 cm³/mol. The molecule has 1 fully saturated rings. The van der Waals surface area contributed by atoms with Gasteiger partial charge < -0.3 is 10.0 Å². The fraction of sp³-hybridized carbons (Fsp3) is 0.438. The molecule has 1 aliphatic heterocycles. The van der Waals surface area contributed by atoms with Crippen molar-refractivity contribution in [2.45, 2.75) is 38.1 Å². The van der Waals surface area contributed by atoms with Crippen LogP contribution in [0.3, 0.4) is 0 Å². The van der Waals surface area contributed by atoms with Gasteiger partial charge in [0.05, 0.1) is 11.6 Å². The van der Waals surface area contributed by atoms with Crippen LogP contribution in [0.1, 0.15) is 48.5 Å². The quantitative estimate of drug-likeness (QED) is 0.921. The first kappa shape index (κ1) is 15.0. The number of rotatable bonds is 4. The summed E-state index contributed by atoms with van der Waals surface area (Å²) in [6.07, 6.45) is 2.33. The van der Waals surface area contributed by atoms with Gasteiger partial charge in [0.2, 0.25) is 0 Å². The van der Waals surface area contributed by atoms with E-state index in [-0.39, 0.29) is 5.91 Å². The van der Waals surface area contributed by atoms with Crippen LogP contribution >= 0.6 is 0 Å². The number of nitrogens with zero attached hydrogens (tertiary/aromatic N) is 2. The number of hydrogen-bond acceptors (Lipinski definition) is 3. The number of carboxylic acid groups (broad SMARTS) is 1. The molecule has 1 saturated heterocycles. The van der Waals surface area contributed by atoms with Crippen LogP contribution in [0.2, 0.25) is 0 Å². The zero-order valence-electron chi connectivity index (χ0n) is 12.0. The van der Waals surface area contributed by atoms with E-state index in [9.17, 15) is 14.7 Å². The molecule has 5 nitrogen and oxygen atoms in total. The van der Waals surface area contributed by atoms with Crippen LogP contribution in [0.25, 0.3) is 0 Å². The van der Waals surface area contributed by atoms with E-state index in [1.807, 2.05) is 13.0 Å². The van der Waals surface area contributed by atoms with Gasteiger partial charge in [0, 0.05) is 12.1 Å². The van der Waals surface area contributed by atoms with E-state index in [0.717, 1.165) is 0 Å². The Labute approximate surface area is 123 Å². The van der Waals surface area contributed by atoms with Crippen molar-refractivity contribution in [2.75, 3.05) is 6.54 Å². The Bertz CT molecular complexity index is 606. The monoisotopic (exact) mass is 286 g/mol. The van der Waals surface area contributed by atoms with Crippen LogP contribution in [-0.4, -0.2) is 34.0 Å². The molecule has 0 radical (unpaired) electrons. The minimum absolute atomic E-state index is 0.305. The van der Waals surface area contributed by atoms with Crippen molar-refractivity contribution >= 4 is 11.9 Å². The fourth-order valence-corrected chi connectivity index (χ4v) is 3.05. The average molecular weight is 286 g/mol. The minimum atomic E-state index is -1.10. The number of carboxylic acids is 1. The molecule has 110 valence electrons. The number of aliphatic carboxylic acids is 1. The molecule has 1 atom stereocenters. The van der Waals surface area contributed by atoms with Crippen molar-refractivity contribution in [3.8, 4) is 6.07 Å². The Balaban J connectivity index is 2.36. The highest BCUT2D eigenvalue weighted by atomic mass is 16.4. The normalized spacial score (nSPS) is 21.0. The Morgan fingerprint density at radius 2 is 2.24 bits per heavy atom. The lowest BCUT2D eigenvalue weighted by Gasteiger charge is -2.34. The van der Waals surface area contributed by atoms with Crippen molar-refractivity contribution in [1.82, 2.24) is 4.90 Å². The topological polar surface area (TPSA) is 81.4 Å². The highest BCUT2D eigenvalue weighted by Crippen LogP contribution is 2.35. The van der Waals surface area contributed by atoms with E-state index < -0.39 is 11.5 Å². The van der Waals surface area contributed by atoms with Gasteiger partial charge in [-0.05, 0) is 37.5 Å². The first-order valence-corrected chi connectivity index (χ1v) is 7.10. The molecule has 0 spiro atoms. The molecule has 0 aliphatic carbocycles. The Morgan fingerprint density at radius 1 is 1.48 bits per heavy atom. The zero-order chi connectivity index (χ0) is 15.5. The molecule has 21 heavy (non-hydrogen) atoms. The second-order valence-electron chi connectivity index (χ2n) is 5.34. The Kier molecular flexibility index (Phi) is 4.27. The number of hydrogen-bond donors (Lipinski definition) is 1. The van der Waals surface area contributed by atoms with Crippen LogP contribution in [-0.2, 0) is 4.79 Å². The SMILES string of the molecule is CCCC1(C(=O)O)CCCN1C(=O)c1cccc(C#N)c1. The van der Waals surface area contributed by atoms with E-state index in [1.165, 1.54) is 11.0 Å². The number of benzene rings is 1. The van der Waals surface area contributed by atoms with Crippen LogP contribution < -0.4 is 0 Å². The summed E-state index contributed by atoms with van der Waals surface area (Å²) in [6.45, 7) is 2.36. The zero-order valence-corrected chi connectivity index (χ0v) is 12.0. The molecule has 0 aromatic heterocycles. The van der Waals surface area contributed by atoms with Gasteiger partial charge in [0.25, 0.3) is 5.91 Å². The van der Waals surface area contributed by atoms with Crippen molar-refractivity contribution in [2.24, 2.45) is 0 Å². The van der Waals surface area contributed by atoms with Crippen molar-refractivity contribution in [3.05, 3.63) is 35.4 Å². The van der Waals surface area contributed by atoms with E-state index in [0.29, 0.717) is 43.4 Å². The second-order valence-corrected chi connectivity index (χ2v) is 5.34. The smallest absolute Gasteiger partial charge is 0.329 e. The predicted octanol–water partition coefficient (Wildman–Crippen LogP) is 2.42. The average Bonchev–Trinajstić information content (AvgIpc) is 2.92. The fourth-order valence-electron chi connectivity index (χ4n) is 3.05. The molecule has 1 heterocycles. The Hall–Kier alpha value is -2.35. The maximum Gasteiger partial charge on any atom is 0.329 e. The van der Waals surface area contributed by atoms with Crippen LogP contribution in [0.5, 0.6) is 0 Å². The van der Waals surface area contributed by atoms with Crippen molar-refractivity contribution in [3.63, 3.8) is 0 Å². The van der Waals surface area contributed by atoms with Crippen LogP contribution in [0.15, 0.2) is 24.3 Å². The van der Waals surface area contributed by atoms with Gasteiger partial charge in [0.1, 0.15) is 5.54 Å². The minimum Gasteiger partial charge on any atom is -0.479 e. The van der Waals surface area contributed by atoms with E-state index in [4.69, 9.17) is 5.26 Å². The van der Waals surface area contributed by atoms with Crippen molar-refractivity contribution < 1.29 is 14.7 Å². The maximum atomic E-state index is 12.7. The Morgan fingerprint density at radius 3 is 2.86 bits per heavy atom. The van der Waals surface area contributed by atoms with Gasteiger partial charge in [-0.15, -0.1) is 0 Å². The van der Waals surface area contributed by atoms with E-state index in [1.54, 1.807) is 18.2 Å². The summed E-state index contributed by atoms with van der Waals surface area (Å²) in [6, 6.07) is 8.40. The van der Waals surface area contributed by atoms with Crippen molar-refractivity contribution in [1.29, 1.82) is 5.26 Å². The standard InChI is InChI=1S/C16H18N2O3/c1-2-7-16(15(20)21)8-4-9-18(16)14(19)13-6-3-5-12(10-13)11-17/h3,5-6,10H,2,4,7-9H2,1H3,(H,20,21). The molecule has 1 amide bonds. The molecule has 5 heteroatoms. The number of carbonyl (C=O) groups excluding carboxylic acids is 1. The third kappa shape index (κ3) is 2.62. The molecule has 1 aromatic rings. The molecule has 1 N–H and O–H groups in total. The van der Waals surface area contributed by atoms with Gasteiger partial charge >= 0.3 is 5.97 Å². The lowest BCUT2D eigenvalue weighted by atomic mass is 9.90. The first-order chi connectivity index (χ1) is 10.0. The van der Waals surface area contributed by atoms with Crippen LogP contribution in [0.4, 0.5) is 0 Å². The number of nitriles is 1. The highest BCUT2D eigenvalue weighted by molar-refractivity contribution is 5.98. The molecule has 2 rings (SSSR count). The molecule has 1 aromatic carbocycles. The summed E-state index contributed by atoms with van der Waals surface area (Å²) in [7, 11) is 0. The van der Waals surface area contributed by atoms with Gasteiger partial charge in [0.15, 0.2) is 0 Å². The molecule has 1 aliphatic rings. The summed E-state index contributed by atoms with van der Waals surface area (Å²) >= 11 is 0. The molecular formula is C16H18N2O3. The van der Waals surface area contributed by atoms with Gasteiger partial charge in [-0.1, -0.05) is 19.4 Å². The lowest BCUT2D eigenvalue weighted by molar-refractivity contribution is -0.148. The number of likely N-dealkylation sites (tertiary alicyclic amines) is 1. The summed E-state index contributed by atoms with van der Waals surface area (Å²) in [5.74, 6) is -1.24. The third-order valence-electron chi connectivity index (χ3n) is 4.03. The van der Waals surface area contributed by atoms with E-state index >= 15 is 0 Å². The first-order valence-electron chi connectivity index (χ1n) is 7.10. The van der Waals surface area contributed by atoms with Gasteiger partial charge in [-0.3, -0.25) is 4.79 Å². The van der Waals surface area contributed by atoms with Gasteiger partial charge in [-0.25, -0.2) is 4.79 Å². The third-order valence-corrected chi connectivity index (χ3v) is 4.03. The van der Waals surface area contributed by atoms with E-state index in [2.05, 4.69) is 0 Å². The van der Waals surface area contributed by atoms with Gasteiger partial charge in [-0.2, -0.15) is 5.26 Å². The largest absolute Gasteiger partial charge is 0.479 e.